The fraction of sp³-hybridized carbons (Fsp3) is 0.667. The molecule has 1 nitrogen and oxygen atoms in total. The van der Waals surface area contributed by atoms with Crippen molar-refractivity contribution < 1.29 is 0 Å². The van der Waals surface area contributed by atoms with E-state index >= 15 is 0 Å². The molecule has 19 heavy (non-hydrogen) atoms. The van der Waals surface area contributed by atoms with Gasteiger partial charge >= 0.3 is 0 Å². The smallest absolute Gasteiger partial charge is 0.0323 e. The highest BCUT2D eigenvalue weighted by molar-refractivity contribution is 5.31. The lowest BCUT2D eigenvalue weighted by Gasteiger charge is -2.23. The van der Waals surface area contributed by atoms with Crippen molar-refractivity contribution in [2.75, 3.05) is 6.54 Å². The van der Waals surface area contributed by atoms with Crippen molar-refractivity contribution in [2.45, 2.75) is 57.4 Å². The van der Waals surface area contributed by atoms with Gasteiger partial charge in [-0.3, -0.25) is 0 Å². The van der Waals surface area contributed by atoms with E-state index in [-0.39, 0.29) is 0 Å². The van der Waals surface area contributed by atoms with Crippen LogP contribution in [0.2, 0.25) is 0 Å². The summed E-state index contributed by atoms with van der Waals surface area (Å²) in [4.78, 5) is 0. The van der Waals surface area contributed by atoms with Gasteiger partial charge in [-0.15, -0.1) is 0 Å². The van der Waals surface area contributed by atoms with E-state index in [2.05, 4.69) is 29.6 Å². The molecular weight excluding hydrogens is 230 g/mol. The molecule has 3 aliphatic rings. The minimum atomic E-state index is 0.620. The van der Waals surface area contributed by atoms with Gasteiger partial charge in [-0.25, -0.2) is 0 Å². The van der Waals surface area contributed by atoms with E-state index in [1.165, 1.54) is 57.9 Å². The Morgan fingerprint density at radius 3 is 2.68 bits per heavy atom. The number of rotatable bonds is 4. The van der Waals surface area contributed by atoms with Gasteiger partial charge in [0.2, 0.25) is 0 Å². The fourth-order valence-corrected chi connectivity index (χ4v) is 4.05. The van der Waals surface area contributed by atoms with Crippen LogP contribution < -0.4 is 5.32 Å². The molecule has 3 aliphatic carbocycles. The summed E-state index contributed by atoms with van der Waals surface area (Å²) in [5.41, 5.74) is 3.90. The zero-order valence-electron chi connectivity index (χ0n) is 11.8. The maximum absolute atomic E-state index is 3.94. The molecule has 1 unspecified atom stereocenters. The third-order valence-electron chi connectivity index (χ3n) is 5.66. The molecule has 4 rings (SSSR count). The van der Waals surface area contributed by atoms with E-state index in [4.69, 9.17) is 0 Å². The highest BCUT2D eigenvalue weighted by Crippen LogP contribution is 2.61. The first kappa shape index (κ1) is 12.0. The Morgan fingerprint density at radius 2 is 1.89 bits per heavy atom. The zero-order chi connectivity index (χ0) is 12.7. The number of hydrogen-bond donors (Lipinski definition) is 1. The SMILES string of the molecule is c1ccc2c(c1)CCCCC2NCC1(C2CC2)CC1. The first-order chi connectivity index (χ1) is 9.37. The highest BCUT2D eigenvalue weighted by atomic mass is 14.9. The van der Waals surface area contributed by atoms with Gasteiger partial charge in [0.15, 0.2) is 0 Å². The van der Waals surface area contributed by atoms with Gasteiger partial charge < -0.3 is 5.32 Å². The van der Waals surface area contributed by atoms with Gasteiger partial charge in [0.05, 0.1) is 0 Å². The minimum absolute atomic E-state index is 0.620. The Morgan fingerprint density at radius 1 is 1.05 bits per heavy atom. The quantitative estimate of drug-likeness (QED) is 0.794. The van der Waals surface area contributed by atoms with E-state index in [0.717, 1.165) is 11.3 Å². The van der Waals surface area contributed by atoms with Crippen molar-refractivity contribution >= 4 is 0 Å². The van der Waals surface area contributed by atoms with Crippen molar-refractivity contribution in [2.24, 2.45) is 11.3 Å². The largest absolute Gasteiger partial charge is 0.309 e. The average Bonchev–Trinajstić information content (AvgIpc) is 3.31. The molecule has 102 valence electrons. The molecular formula is C18H25N. The van der Waals surface area contributed by atoms with E-state index in [0.29, 0.717) is 6.04 Å². The molecule has 0 saturated heterocycles. The molecule has 0 aliphatic heterocycles. The Balaban J connectivity index is 1.48. The molecule has 0 spiro atoms. The van der Waals surface area contributed by atoms with Crippen LogP contribution in [0, 0.1) is 11.3 Å². The average molecular weight is 255 g/mol. The summed E-state index contributed by atoms with van der Waals surface area (Å²) >= 11 is 0. The monoisotopic (exact) mass is 255 g/mol. The van der Waals surface area contributed by atoms with Gasteiger partial charge in [0.25, 0.3) is 0 Å². The Kier molecular flexibility index (Phi) is 2.91. The van der Waals surface area contributed by atoms with Crippen molar-refractivity contribution in [3.63, 3.8) is 0 Å². The summed E-state index contributed by atoms with van der Waals surface area (Å²) in [5, 5.41) is 3.94. The van der Waals surface area contributed by atoms with E-state index in [1.807, 2.05) is 0 Å². The molecule has 1 aromatic rings. The molecule has 1 N–H and O–H groups in total. The first-order valence-corrected chi connectivity index (χ1v) is 8.19. The van der Waals surface area contributed by atoms with Crippen LogP contribution in [-0.2, 0) is 6.42 Å². The number of hydrogen-bond acceptors (Lipinski definition) is 1. The molecule has 1 heteroatoms. The van der Waals surface area contributed by atoms with Crippen LogP contribution in [0.25, 0.3) is 0 Å². The van der Waals surface area contributed by atoms with Crippen LogP contribution in [0.5, 0.6) is 0 Å². The van der Waals surface area contributed by atoms with E-state index in [9.17, 15) is 0 Å². The summed E-state index contributed by atoms with van der Waals surface area (Å²) in [5.74, 6) is 1.07. The molecule has 0 bridgehead atoms. The van der Waals surface area contributed by atoms with Crippen molar-refractivity contribution in [1.82, 2.24) is 5.32 Å². The zero-order valence-corrected chi connectivity index (χ0v) is 11.8. The van der Waals surface area contributed by atoms with Crippen LogP contribution in [0.4, 0.5) is 0 Å². The fourth-order valence-electron chi connectivity index (χ4n) is 4.05. The molecule has 0 amide bonds. The van der Waals surface area contributed by atoms with Crippen LogP contribution in [0.15, 0.2) is 24.3 Å². The molecule has 0 heterocycles. The van der Waals surface area contributed by atoms with Crippen LogP contribution in [0.1, 0.15) is 62.1 Å². The normalized spacial score (nSPS) is 28.5. The Hall–Kier alpha value is -0.820. The summed E-state index contributed by atoms with van der Waals surface area (Å²) in [6.45, 7) is 1.27. The number of nitrogens with one attached hydrogen (secondary N) is 1. The van der Waals surface area contributed by atoms with Gasteiger partial charge in [0, 0.05) is 12.6 Å². The van der Waals surface area contributed by atoms with E-state index < -0.39 is 0 Å². The predicted molar refractivity (Wildman–Crippen MR) is 79.1 cm³/mol. The Labute approximate surface area is 116 Å². The third kappa shape index (κ3) is 2.33. The first-order valence-electron chi connectivity index (χ1n) is 8.19. The van der Waals surface area contributed by atoms with Crippen molar-refractivity contribution in [1.29, 1.82) is 0 Å². The second-order valence-electron chi connectivity index (χ2n) is 7.01. The van der Waals surface area contributed by atoms with Crippen molar-refractivity contribution in [3.8, 4) is 0 Å². The predicted octanol–water partition coefficient (Wildman–Crippen LogP) is 4.23. The topological polar surface area (TPSA) is 12.0 Å². The molecule has 1 atom stereocenters. The summed E-state index contributed by atoms with van der Waals surface area (Å²) in [7, 11) is 0. The summed E-state index contributed by atoms with van der Waals surface area (Å²) in [6, 6.07) is 9.73. The number of aryl methyl sites for hydroxylation is 1. The summed E-state index contributed by atoms with van der Waals surface area (Å²) < 4.78 is 0. The lowest BCUT2D eigenvalue weighted by atomic mass is 9.96. The second-order valence-corrected chi connectivity index (χ2v) is 7.01. The van der Waals surface area contributed by atoms with Gasteiger partial charge in [0.1, 0.15) is 0 Å². The molecule has 0 aromatic heterocycles. The summed E-state index contributed by atoms with van der Waals surface area (Å²) in [6.07, 6.45) is 11.3. The highest BCUT2D eigenvalue weighted by Gasteiger charge is 2.53. The minimum Gasteiger partial charge on any atom is -0.309 e. The van der Waals surface area contributed by atoms with Gasteiger partial charge in [-0.1, -0.05) is 30.7 Å². The lowest BCUT2D eigenvalue weighted by Crippen LogP contribution is -2.29. The second kappa shape index (κ2) is 4.63. The lowest BCUT2D eigenvalue weighted by molar-refractivity contribution is 0.364. The van der Waals surface area contributed by atoms with Gasteiger partial charge in [-0.2, -0.15) is 0 Å². The number of benzene rings is 1. The molecule has 1 aromatic carbocycles. The van der Waals surface area contributed by atoms with E-state index in [1.54, 1.807) is 11.1 Å². The van der Waals surface area contributed by atoms with Crippen LogP contribution >= 0.6 is 0 Å². The number of fused-ring (bicyclic) bond motifs is 1. The molecule has 0 radical (unpaired) electrons. The molecule has 2 saturated carbocycles. The Bertz CT molecular complexity index is 457. The van der Waals surface area contributed by atoms with Gasteiger partial charge in [-0.05, 0) is 67.4 Å². The van der Waals surface area contributed by atoms with Crippen molar-refractivity contribution in [3.05, 3.63) is 35.4 Å². The van der Waals surface area contributed by atoms with Crippen LogP contribution in [-0.4, -0.2) is 6.54 Å². The molecule has 2 fully saturated rings. The maximum Gasteiger partial charge on any atom is 0.0323 e. The maximum atomic E-state index is 3.94. The third-order valence-corrected chi connectivity index (χ3v) is 5.66. The standard InChI is InChI=1S/C18H25N/c1-3-7-16-14(5-1)6-2-4-8-17(16)19-13-18(11-12-18)15-9-10-15/h1,3,5,7,15,17,19H,2,4,6,8-13H2. The van der Waals surface area contributed by atoms with Crippen LogP contribution in [0.3, 0.4) is 0 Å².